The van der Waals surface area contributed by atoms with Crippen molar-refractivity contribution in [3.8, 4) is 0 Å². The first-order valence-electron chi connectivity index (χ1n) is 12.0. The Morgan fingerprint density at radius 2 is 1.47 bits per heavy atom. The number of unbranched alkanes of at least 4 members (excludes halogenated alkanes) is 1. The van der Waals surface area contributed by atoms with Gasteiger partial charge < -0.3 is 10.2 Å². The quantitative estimate of drug-likeness (QED) is 0.300. The van der Waals surface area contributed by atoms with Crippen LogP contribution in [-0.4, -0.2) is 29.3 Å². The van der Waals surface area contributed by atoms with E-state index in [-0.39, 0.29) is 11.8 Å². The first kappa shape index (κ1) is 25.7. The molecule has 3 rings (SSSR count). The van der Waals surface area contributed by atoms with Crippen LogP contribution in [0.1, 0.15) is 42.9 Å². The van der Waals surface area contributed by atoms with Gasteiger partial charge in [-0.1, -0.05) is 102 Å². The standard InChI is InChI=1S/C29H33BrN2O2/c1-2-3-20-31-29(34)27(21-24-12-8-5-9-13-24)32(22-25-14-17-26(30)18-15-25)28(33)19-16-23-10-6-4-7-11-23/h4-15,17-18,27H,2-3,16,19-22H2,1H3,(H,31,34)/t27-/m0/s1. The molecule has 0 bridgehead atoms. The Hall–Kier alpha value is -2.92. The largest absolute Gasteiger partial charge is 0.354 e. The molecular weight excluding hydrogens is 488 g/mol. The lowest BCUT2D eigenvalue weighted by Gasteiger charge is -2.31. The molecular formula is C29H33BrN2O2. The minimum Gasteiger partial charge on any atom is -0.354 e. The molecule has 1 N–H and O–H groups in total. The molecule has 2 amide bonds. The van der Waals surface area contributed by atoms with Crippen molar-refractivity contribution in [2.75, 3.05) is 6.54 Å². The molecule has 178 valence electrons. The maximum absolute atomic E-state index is 13.6. The maximum atomic E-state index is 13.6. The monoisotopic (exact) mass is 520 g/mol. The topological polar surface area (TPSA) is 49.4 Å². The fourth-order valence-electron chi connectivity index (χ4n) is 3.89. The number of rotatable bonds is 12. The van der Waals surface area contributed by atoms with E-state index < -0.39 is 6.04 Å². The molecule has 0 fully saturated rings. The van der Waals surface area contributed by atoms with Crippen molar-refractivity contribution in [3.05, 3.63) is 106 Å². The molecule has 0 aliphatic heterocycles. The molecule has 0 radical (unpaired) electrons. The Morgan fingerprint density at radius 3 is 2.09 bits per heavy atom. The highest BCUT2D eigenvalue weighted by molar-refractivity contribution is 9.10. The van der Waals surface area contributed by atoms with Gasteiger partial charge in [0.2, 0.25) is 11.8 Å². The van der Waals surface area contributed by atoms with Crippen molar-refractivity contribution in [3.63, 3.8) is 0 Å². The Kier molecular flexibility index (Phi) is 10.4. The third kappa shape index (κ3) is 8.14. The average Bonchev–Trinajstić information content (AvgIpc) is 2.87. The fourth-order valence-corrected chi connectivity index (χ4v) is 4.15. The number of hydrogen-bond acceptors (Lipinski definition) is 2. The van der Waals surface area contributed by atoms with Gasteiger partial charge in [0.1, 0.15) is 6.04 Å². The SMILES string of the molecule is CCCCNC(=O)[C@H](Cc1ccccc1)N(Cc1ccc(Br)cc1)C(=O)CCc1ccccc1. The second-order valence-electron chi connectivity index (χ2n) is 8.48. The molecule has 0 aromatic heterocycles. The molecule has 0 saturated carbocycles. The van der Waals surface area contributed by atoms with Gasteiger partial charge in [0, 0.05) is 30.4 Å². The lowest BCUT2D eigenvalue weighted by molar-refractivity contribution is -0.141. The van der Waals surface area contributed by atoms with E-state index in [1.54, 1.807) is 4.90 Å². The van der Waals surface area contributed by atoms with Crippen molar-refractivity contribution in [1.29, 1.82) is 0 Å². The number of hydrogen-bond donors (Lipinski definition) is 1. The van der Waals surface area contributed by atoms with E-state index in [9.17, 15) is 9.59 Å². The molecule has 3 aromatic carbocycles. The number of nitrogens with zero attached hydrogens (tertiary/aromatic N) is 1. The normalized spacial score (nSPS) is 11.6. The average molecular weight is 521 g/mol. The minimum absolute atomic E-state index is 0.0154. The van der Waals surface area contributed by atoms with Crippen molar-refractivity contribution in [2.45, 2.75) is 51.6 Å². The maximum Gasteiger partial charge on any atom is 0.243 e. The van der Waals surface area contributed by atoms with Gasteiger partial charge in [-0.25, -0.2) is 0 Å². The summed E-state index contributed by atoms with van der Waals surface area (Å²) in [7, 11) is 0. The molecule has 0 spiro atoms. The van der Waals surface area contributed by atoms with Crippen LogP contribution in [0.25, 0.3) is 0 Å². The molecule has 1 atom stereocenters. The molecule has 0 heterocycles. The number of halogens is 1. The molecule has 0 aliphatic rings. The number of aryl methyl sites for hydroxylation is 1. The number of carbonyl (C=O) groups excluding carboxylic acids is 2. The van der Waals surface area contributed by atoms with Gasteiger partial charge in [-0.2, -0.15) is 0 Å². The first-order chi connectivity index (χ1) is 16.6. The van der Waals surface area contributed by atoms with Crippen LogP contribution in [0.5, 0.6) is 0 Å². The summed E-state index contributed by atoms with van der Waals surface area (Å²) in [4.78, 5) is 28.7. The van der Waals surface area contributed by atoms with E-state index in [0.29, 0.717) is 32.4 Å². The molecule has 4 nitrogen and oxygen atoms in total. The van der Waals surface area contributed by atoms with E-state index >= 15 is 0 Å². The zero-order valence-corrected chi connectivity index (χ0v) is 21.3. The molecule has 34 heavy (non-hydrogen) atoms. The zero-order valence-electron chi connectivity index (χ0n) is 19.8. The van der Waals surface area contributed by atoms with E-state index in [2.05, 4.69) is 28.2 Å². The second kappa shape index (κ2) is 13.7. The summed E-state index contributed by atoms with van der Waals surface area (Å²) >= 11 is 3.48. The number of benzene rings is 3. The predicted molar refractivity (Wildman–Crippen MR) is 141 cm³/mol. The second-order valence-corrected chi connectivity index (χ2v) is 9.40. The van der Waals surface area contributed by atoms with Gasteiger partial charge in [0.25, 0.3) is 0 Å². The Morgan fingerprint density at radius 1 is 0.853 bits per heavy atom. The first-order valence-corrected chi connectivity index (χ1v) is 12.8. The van der Waals surface area contributed by atoms with E-state index in [4.69, 9.17) is 0 Å². The van der Waals surface area contributed by atoms with Gasteiger partial charge in [-0.05, 0) is 41.7 Å². The Balaban J connectivity index is 1.86. The molecule has 0 unspecified atom stereocenters. The molecule has 0 aliphatic carbocycles. The minimum atomic E-state index is -0.578. The van der Waals surface area contributed by atoms with Gasteiger partial charge in [0.15, 0.2) is 0 Å². The van der Waals surface area contributed by atoms with Crippen LogP contribution in [0.2, 0.25) is 0 Å². The molecule has 0 saturated heterocycles. The van der Waals surface area contributed by atoms with E-state index in [1.807, 2.05) is 84.9 Å². The van der Waals surface area contributed by atoms with Crippen LogP contribution in [0.15, 0.2) is 89.4 Å². The summed E-state index contributed by atoms with van der Waals surface area (Å²) in [5, 5.41) is 3.07. The summed E-state index contributed by atoms with van der Waals surface area (Å²) in [6, 6.07) is 27.3. The van der Waals surface area contributed by atoms with Gasteiger partial charge >= 0.3 is 0 Å². The van der Waals surface area contributed by atoms with Gasteiger partial charge in [-0.3, -0.25) is 9.59 Å². The predicted octanol–water partition coefficient (Wildman–Crippen LogP) is 5.94. The van der Waals surface area contributed by atoms with Crippen LogP contribution < -0.4 is 5.32 Å². The summed E-state index contributed by atoms with van der Waals surface area (Å²) in [5.74, 6) is -0.110. The number of nitrogens with one attached hydrogen (secondary N) is 1. The number of amides is 2. The Bertz CT molecular complexity index is 1020. The van der Waals surface area contributed by atoms with Crippen molar-refractivity contribution >= 4 is 27.7 Å². The lowest BCUT2D eigenvalue weighted by Crippen LogP contribution is -2.50. The van der Waals surface area contributed by atoms with Gasteiger partial charge in [-0.15, -0.1) is 0 Å². The summed E-state index contributed by atoms with van der Waals surface area (Å²) in [5.41, 5.74) is 3.15. The molecule has 3 aromatic rings. The Labute approximate surface area is 211 Å². The summed E-state index contributed by atoms with van der Waals surface area (Å²) in [6.45, 7) is 3.10. The van der Waals surface area contributed by atoms with Crippen LogP contribution in [0, 0.1) is 0 Å². The zero-order chi connectivity index (χ0) is 24.2. The van der Waals surface area contributed by atoms with E-state index in [1.165, 1.54) is 0 Å². The van der Waals surface area contributed by atoms with Crippen LogP contribution >= 0.6 is 15.9 Å². The van der Waals surface area contributed by atoms with Gasteiger partial charge in [0.05, 0.1) is 0 Å². The highest BCUT2D eigenvalue weighted by Crippen LogP contribution is 2.18. The lowest BCUT2D eigenvalue weighted by atomic mass is 10.0. The third-order valence-electron chi connectivity index (χ3n) is 5.84. The van der Waals surface area contributed by atoms with Crippen LogP contribution in [0.4, 0.5) is 0 Å². The third-order valence-corrected chi connectivity index (χ3v) is 6.37. The van der Waals surface area contributed by atoms with E-state index in [0.717, 1.165) is 34.0 Å². The van der Waals surface area contributed by atoms with Crippen LogP contribution in [0.3, 0.4) is 0 Å². The number of carbonyl (C=O) groups is 2. The highest BCUT2D eigenvalue weighted by Gasteiger charge is 2.30. The summed E-state index contributed by atoms with van der Waals surface area (Å²) < 4.78 is 0.983. The van der Waals surface area contributed by atoms with Crippen LogP contribution in [-0.2, 0) is 29.0 Å². The smallest absolute Gasteiger partial charge is 0.243 e. The highest BCUT2D eigenvalue weighted by atomic mass is 79.9. The summed E-state index contributed by atoms with van der Waals surface area (Å²) in [6.07, 6.45) is 3.40. The fraction of sp³-hybridized carbons (Fsp3) is 0.310. The van der Waals surface area contributed by atoms with Crippen molar-refractivity contribution < 1.29 is 9.59 Å². The van der Waals surface area contributed by atoms with Crippen molar-refractivity contribution in [2.24, 2.45) is 0 Å². The molecule has 5 heteroatoms. The van der Waals surface area contributed by atoms with Crippen molar-refractivity contribution in [1.82, 2.24) is 10.2 Å².